The zero-order valence-corrected chi connectivity index (χ0v) is 8.00. The number of phenols is 1. The Kier molecular flexibility index (Phi) is 2.87. The Balaban J connectivity index is 2.90. The van der Waals surface area contributed by atoms with Gasteiger partial charge in [0.2, 0.25) is 0 Å². The highest BCUT2D eigenvalue weighted by Gasteiger charge is 2.35. The second-order valence-corrected chi connectivity index (χ2v) is 3.59. The summed E-state index contributed by atoms with van der Waals surface area (Å²) in [6.07, 6.45) is -1.91. The van der Waals surface area contributed by atoms with Crippen LogP contribution in [0.15, 0.2) is 24.3 Å². The van der Waals surface area contributed by atoms with Crippen LogP contribution in [0.25, 0.3) is 0 Å². The van der Waals surface area contributed by atoms with Crippen molar-refractivity contribution < 1.29 is 19.0 Å². The molecule has 0 aliphatic carbocycles. The van der Waals surface area contributed by atoms with Crippen LogP contribution in [0, 0.1) is 0 Å². The first-order valence-electron chi connectivity index (χ1n) is 3.45. The van der Waals surface area contributed by atoms with Crippen molar-refractivity contribution >= 4 is 15.9 Å². The van der Waals surface area contributed by atoms with E-state index in [1.165, 1.54) is 24.3 Å². The number of aliphatic hydroxyl groups is 1. The average Bonchev–Trinajstić information content (AvgIpc) is 2.03. The van der Waals surface area contributed by atoms with Crippen molar-refractivity contribution in [2.45, 2.75) is 10.9 Å². The van der Waals surface area contributed by atoms with E-state index in [0.29, 0.717) is 0 Å². The summed E-state index contributed by atoms with van der Waals surface area (Å²) in [5.74, 6) is -0.0335. The van der Waals surface area contributed by atoms with Gasteiger partial charge in [0.25, 0.3) is 0 Å². The summed E-state index contributed by atoms with van der Waals surface area (Å²) in [6.45, 7) is 0. The quantitative estimate of drug-likeness (QED) is 0.794. The Morgan fingerprint density at radius 3 is 2.08 bits per heavy atom. The number of phenolic OH excluding ortho intramolecular Hbond substituents is 1. The van der Waals surface area contributed by atoms with Gasteiger partial charge in [-0.2, -0.15) is 8.78 Å². The molecule has 0 aromatic heterocycles. The molecule has 5 heteroatoms. The standard InChI is InChI=1S/C8H7BrF2O2/c9-8(10,11)7(13)5-1-3-6(12)4-2-5/h1-4,7,12-13H. The highest BCUT2D eigenvalue weighted by Crippen LogP contribution is 2.36. The van der Waals surface area contributed by atoms with E-state index in [-0.39, 0.29) is 11.3 Å². The predicted molar refractivity (Wildman–Crippen MR) is 46.9 cm³/mol. The third-order valence-electron chi connectivity index (χ3n) is 1.52. The number of aromatic hydroxyl groups is 1. The fraction of sp³-hybridized carbons (Fsp3) is 0.250. The summed E-state index contributed by atoms with van der Waals surface area (Å²) >= 11 is 2.05. The van der Waals surface area contributed by atoms with E-state index in [4.69, 9.17) is 10.2 Å². The molecule has 0 saturated carbocycles. The van der Waals surface area contributed by atoms with Gasteiger partial charge in [-0.05, 0) is 33.6 Å². The maximum absolute atomic E-state index is 12.5. The molecule has 0 radical (unpaired) electrons. The van der Waals surface area contributed by atoms with Gasteiger partial charge in [-0.25, -0.2) is 0 Å². The molecule has 0 bridgehead atoms. The average molecular weight is 253 g/mol. The second kappa shape index (κ2) is 3.59. The summed E-state index contributed by atoms with van der Waals surface area (Å²) in [6, 6.07) is 4.93. The largest absolute Gasteiger partial charge is 0.508 e. The molecule has 1 aromatic rings. The van der Waals surface area contributed by atoms with Crippen LogP contribution in [0.2, 0.25) is 0 Å². The van der Waals surface area contributed by atoms with Gasteiger partial charge in [0.15, 0.2) is 6.10 Å². The molecule has 72 valence electrons. The molecule has 0 saturated heterocycles. The molecule has 2 N–H and O–H groups in total. The van der Waals surface area contributed by atoms with Crippen molar-refractivity contribution in [1.82, 2.24) is 0 Å². The topological polar surface area (TPSA) is 40.5 Å². The van der Waals surface area contributed by atoms with Crippen LogP contribution in [0.1, 0.15) is 11.7 Å². The lowest BCUT2D eigenvalue weighted by molar-refractivity contribution is -0.0294. The van der Waals surface area contributed by atoms with E-state index >= 15 is 0 Å². The number of halogens is 3. The Bertz CT molecular complexity index is 281. The molecule has 0 spiro atoms. The van der Waals surface area contributed by atoms with E-state index in [0.717, 1.165) is 0 Å². The van der Waals surface area contributed by atoms with E-state index in [9.17, 15) is 8.78 Å². The molecule has 2 nitrogen and oxygen atoms in total. The lowest BCUT2D eigenvalue weighted by Gasteiger charge is -2.16. The van der Waals surface area contributed by atoms with Crippen molar-refractivity contribution in [2.24, 2.45) is 0 Å². The number of hydrogen-bond acceptors (Lipinski definition) is 2. The van der Waals surface area contributed by atoms with Gasteiger partial charge < -0.3 is 10.2 Å². The second-order valence-electron chi connectivity index (χ2n) is 2.54. The SMILES string of the molecule is Oc1ccc(C(O)C(F)(F)Br)cc1. The van der Waals surface area contributed by atoms with Gasteiger partial charge in [-0.1, -0.05) is 12.1 Å². The van der Waals surface area contributed by atoms with E-state index in [2.05, 4.69) is 15.9 Å². The summed E-state index contributed by atoms with van der Waals surface area (Å²) in [7, 11) is 0. The van der Waals surface area contributed by atoms with Crippen LogP contribution in [0.4, 0.5) is 8.78 Å². The number of aliphatic hydroxyl groups excluding tert-OH is 1. The van der Waals surface area contributed by atoms with Crippen LogP contribution in [0.5, 0.6) is 5.75 Å². The molecule has 1 aromatic carbocycles. The predicted octanol–water partition coefficient (Wildman–Crippen LogP) is 2.41. The van der Waals surface area contributed by atoms with E-state index in [1.54, 1.807) is 0 Å². The van der Waals surface area contributed by atoms with Crippen molar-refractivity contribution in [3.63, 3.8) is 0 Å². The first-order valence-corrected chi connectivity index (χ1v) is 4.24. The fourth-order valence-electron chi connectivity index (χ4n) is 0.846. The molecular weight excluding hydrogens is 246 g/mol. The molecule has 1 rings (SSSR count). The maximum Gasteiger partial charge on any atom is 0.330 e. The highest BCUT2D eigenvalue weighted by atomic mass is 79.9. The third-order valence-corrected chi connectivity index (χ3v) is 1.95. The molecule has 1 atom stereocenters. The minimum Gasteiger partial charge on any atom is -0.508 e. The first kappa shape index (κ1) is 10.4. The molecule has 0 fully saturated rings. The lowest BCUT2D eigenvalue weighted by atomic mass is 10.1. The van der Waals surface area contributed by atoms with Crippen LogP contribution in [-0.2, 0) is 0 Å². The van der Waals surface area contributed by atoms with Gasteiger partial charge in [0, 0.05) is 0 Å². The van der Waals surface area contributed by atoms with Crippen LogP contribution < -0.4 is 0 Å². The normalized spacial score (nSPS) is 14.2. The fourth-order valence-corrected chi connectivity index (χ4v) is 1.11. The number of alkyl halides is 3. The summed E-state index contributed by atoms with van der Waals surface area (Å²) in [4.78, 5) is -3.36. The Hall–Kier alpha value is -0.680. The molecule has 0 aliphatic heterocycles. The minimum absolute atomic E-state index is 0.0335. The Labute approximate surface area is 81.9 Å². The highest BCUT2D eigenvalue weighted by molar-refractivity contribution is 9.10. The smallest absolute Gasteiger partial charge is 0.330 e. The molecule has 1 unspecified atom stereocenters. The van der Waals surface area contributed by atoms with Crippen LogP contribution in [0.3, 0.4) is 0 Å². The van der Waals surface area contributed by atoms with Gasteiger partial charge in [-0.15, -0.1) is 0 Å². The van der Waals surface area contributed by atoms with Crippen molar-refractivity contribution in [1.29, 1.82) is 0 Å². The molecule has 0 aliphatic rings. The molecule has 13 heavy (non-hydrogen) atoms. The first-order chi connectivity index (χ1) is 5.91. The molecular formula is C8H7BrF2O2. The van der Waals surface area contributed by atoms with Crippen molar-refractivity contribution in [2.75, 3.05) is 0 Å². The zero-order valence-electron chi connectivity index (χ0n) is 6.42. The summed E-state index contributed by atoms with van der Waals surface area (Å²) in [5.41, 5.74) is 0.0414. The zero-order chi connectivity index (χ0) is 10.1. The Morgan fingerprint density at radius 1 is 1.23 bits per heavy atom. The van der Waals surface area contributed by atoms with E-state index < -0.39 is 10.9 Å². The third kappa shape index (κ3) is 2.63. The maximum atomic E-state index is 12.5. The Morgan fingerprint density at radius 2 is 1.69 bits per heavy atom. The molecule has 0 amide bonds. The summed E-state index contributed by atoms with van der Waals surface area (Å²) in [5, 5.41) is 17.9. The van der Waals surface area contributed by atoms with Crippen LogP contribution in [-0.4, -0.2) is 15.0 Å². The summed E-state index contributed by atoms with van der Waals surface area (Å²) < 4.78 is 25.0. The molecule has 0 heterocycles. The van der Waals surface area contributed by atoms with Gasteiger partial charge in [0.1, 0.15) is 5.75 Å². The number of rotatable bonds is 2. The van der Waals surface area contributed by atoms with Crippen molar-refractivity contribution in [3.8, 4) is 5.75 Å². The lowest BCUT2D eigenvalue weighted by Crippen LogP contribution is -2.17. The van der Waals surface area contributed by atoms with Gasteiger partial charge in [0.05, 0.1) is 0 Å². The van der Waals surface area contributed by atoms with Gasteiger partial charge in [-0.3, -0.25) is 0 Å². The number of hydrogen-bond donors (Lipinski definition) is 2. The minimum atomic E-state index is -3.36. The van der Waals surface area contributed by atoms with Crippen molar-refractivity contribution in [3.05, 3.63) is 29.8 Å². The van der Waals surface area contributed by atoms with Gasteiger partial charge >= 0.3 is 4.83 Å². The monoisotopic (exact) mass is 252 g/mol. The van der Waals surface area contributed by atoms with E-state index in [1.807, 2.05) is 0 Å². The number of benzene rings is 1. The van der Waals surface area contributed by atoms with Crippen LogP contribution >= 0.6 is 15.9 Å².